The number of Topliss-reactive ketones (excluding diaryl/α,β-unsaturated/α-hetero) is 1. The number of halogens is 2. The van der Waals surface area contributed by atoms with E-state index >= 15 is 0 Å². The van der Waals surface area contributed by atoms with Crippen LogP contribution in [0.5, 0.6) is 0 Å². The van der Waals surface area contributed by atoms with Crippen molar-refractivity contribution in [3.63, 3.8) is 0 Å². The molecule has 0 bridgehead atoms. The minimum absolute atomic E-state index is 0.0441. The van der Waals surface area contributed by atoms with Crippen LogP contribution in [0, 0.1) is 0 Å². The topological polar surface area (TPSA) is 34.1 Å². The first-order valence-electron chi connectivity index (χ1n) is 6.09. The van der Waals surface area contributed by atoms with Crippen molar-refractivity contribution in [1.82, 2.24) is 0 Å². The number of hydrogen-bond acceptors (Lipinski definition) is 3. The number of ketones is 2. The molecular formula is C16H8Cl2O2S. The van der Waals surface area contributed by atoms with E-state index in [1.165, 1.54) is 17.8 Å². The van der Waals surface area contributed by atoms with Gasteiger partial charge in [0.25, 0.3) is 0 Å². The molecular weight excluding hydrogens is 327 g/mol. The van der Waals surface area contributed by atoms with Gasteiger partial charge in [-0.15, -0.1) is 0 Å². The molecule has 0 unspecified atom stereocenters. The van der Waals surface area contributed by atoms with Gasteiger partial charge in [-0.3, -0.25) is 9.59 Å². The fourth-order valence-corrected chi connectivity index (χ4v) is 3.60. The monoisotopic (exact) mass is 334 g/mol. The summed E-state index contributed by atoms with van der Waals surface area (Å²) >= 11 is 13.1. The van der Waals surface area contributed by atoms with Gasteiger partial charge in [0.1, 0.15) is 0 Å². The Kier molecular flexibility index (Phi) is 3.89. The summed E-state index contributed by atoms with van der Waals surface area (Å²) in [5.74, 6) is -0.570. The minimum atomic E-state index is -0.320. The van der Waals surface area contributed by atoms with Crippen molar-refractivity contribution in [2.75, 3.05) is 0 Å². The zero-order chi connectivity index (χ0) is 15.0. The van der Waals surface area contributed by atoms with Crippen molar-refractivity contribution >= 4 is 46.5 Å². The summed E-state index contributed by atoms with van der Waals surface area (Å²) in [4.78, 5) is 25.8. The van der Waals surface area contributed by atoms with Gasteiger partial charge in [0.05, 0.1) is 5.03 Å². The van der Waals surface area contributed by atoms with Crippen molar-refractivity contribution in [3.8, 4) is 0 Å². The van der Waals surface area contributed by atoms with E-state index in [0.29, 0.717) is 21.0 Å². The molecule has 0 atom stereocenters. The molecule has 0 aliphatic heterocycles. The maximum Gasteiger partial charge on any atom is 0.205 e. The van der Waals surface area contributed by atoms with Gasteiger partial charge in [-0.25, -0.2) is 0 Å². The third-order valence-corrected chi connectivity index (χ3v) is 4.58. The third-order valence-electron chi connectivity index (χ3n) is 3.02. The normalized spacial score (nSPS) is 13.9. The summed E-state index contributed by atoms with van der Waals surface area (Å²) in [6.45, 7) is 0. The molecule has 2 aromatic rings. The Morgan fingerprint density at radius 2 is 1.71 bits per heavy atom. The Balaban J connectivity index is 2.07. The van der Waals surface area contributed by atoms with Gasteiger partial charge in [0, 0.05) is 32.0 Å². The quantitative estimate of drug-likeness (QED) is 0.775. The maximum absolute atomic E-state index is 12.2. The Bertz CT molecular complexity index is 797. The molecule has 0 saturated heterocycles. The maximum atomic E-state index is 12.2. The first kappa shape index (κ1) is 14.4. The van der Waals surface area contributed by atoms with Gasteiger partial charge in [-0.2, -0.15) is 0 Å². The molecule has 0 N–H and O–H groups in total. The Morgan fingerprint density at radius 3 is 2.48 bits per heavy atom. The van der Waals surface area contributed by atoms with E-state index in [1.807, 2.05) is 24.3 Å². The molecule has 1 aliphatic rings. The lowest BCUT2D eigenvalue weighted by Crippen LogP contribution is -2.15. The van der Waals surface area contributed by atoms with Crippen LogP contribution in [-0.4, -0.2) is 11.6 Å². The Morgan fingerprint density at radius 1 is 0.952 bits per heavy atom. The summed E-state index contributed by atoms with van der Waals surface area (Å²) in [7, 11) is 0. The number of carbonyl (C=O) groups is 2. The van der Waals surface area contributed by atoms with Gasteiger partial charge >= 0.3 is 0 Å². The Labute approximate surface area is 135 Å². The van der Waals surface area contributed by atoms with Crippen molar-refractivity contribution in [2.24, 2.45) is 0 Å². The van der Waals surface area contributed by atoms with Gasteiger partial charge in [0.15, 0.2) is 5.78 Å². The number of carbonyl (C=O) groups excluding carboxylic acids is 2. The van der Waals surface area contributed by atoms with Crippen LogP contribution >= 0.6 is 35.0 Å². The third kappa shape index (κ3) is 2.77. The highest BCUT2D eigenvalue weighted by atomic mass is 35.5. The van der Waals surface area contributed by atoms with E-state index in [-0.39, 0.29) is 16.6 Å². The van der Waals surface area contributed by atoms with Gasteiger partial charge in [-0.1, -0.05) is 53.2 Å². The van der Waals surface area contributed by atoms with Crippen LogP contribution in [-0.2, 0) is 0 Å². The lowest BCUT2D eigenvalue weighted by molar-refractivity contribution is 0.0988. The fourth-order valence-electron chi connectivity index (χ4n) is 2.10. The standard InChI is InChI=1S/C16H8Cl2O2S/c17-9-3-1-4-10(7-9)21-14-6-2-5-11-15(14)13(19)8-12(18)16(11)20/h1-8H. The van der Waals surface area contributed by atoms with Crippen LogP contribution in [0.15, 0.2) is 63.4 Å². The number of fused-ring (bicyclic) bond motifs is 1. The summed E-state index contributed by atoms with van der Waals surface area (Å²) in [5, 5.41) is 0.576. The second-order valence-electron chi connectivity index (χ2n) is 4.42. The zero-order valence-electron chi connectivity index (χ0n) is 10.6. The zero-order valence-corrected chi connectivity index (χ0v) is 12.9. The average molecular weight is 335 g/mol. The highest BCUT2D eigenvalue weighted by molar-refractivity contribution is 7.99. The second kappa shape index (κ2) is 5.68. The van der Waals surface area contributed by atoms with E-state index in [0.717, 1.165) is 4.90 Å². The molecule has 0 amide bonds. The minimum Gasteiger partial charge on any atom is -0.289 e. The van der Waals surface area contributed by atoms with E-state index < -0.39 is 0 Å². The smallest absolute Gasteiger partial charge is 0.205 e. The Hall–Kier alpha value is -1.55. The highest BCUT2D eigenvalue weighted by Gasteiger charge is 2.27. The van der Waals surface area contributed by atoms with Crippen molar-refractivity contribution in [2.45, 2.75) is 9.79 Å². The van der Waals surface area contributed by atoms with Crippen LogP contribution in [0.3, 0.4) is 0 Å². The molecule has 21 heavy (non-hydrogen) atoms. The summed E-state index contributed by atoms with van der Waals surface area (Å²) < 4.78 is 0. The first-order chi connectivity index (χ1) is 10.1. The van der Waals surface area contributed by atoms with Crippen molar-refractivity contribution in [1.29, 1.82) is 0 Å². The summed E-state index contributed by atoms with van der Waals surface area (Å²) in [5.41, 5.74) is 0.747. The average Bonchev–Trinajstić information content (AvgIpc) is 2.45. The van der Waals surface area contributed by atoms with Crippen LogP contribution in [0.4, 0.5) is 0 Å². The highest BCUT2D eigenvalue weighted by Crippen LogP contribution is 2.36. The van der Waals surface area contributed by atoms with E-state index in [9.17, 15) is 9.59 Å². The number of hydrogen-bond donors (Lipinski definition) is 0. The molecule has 0 saturated carbocycles. The van der Waals surface area contributed by atoms with Crippen LogP contribution in [0.25, 0.3) is 0 Å². The van der Waals surface area contributed by atoms with Crippen molar-refractivity contribution in [3.05, 3.63) is 69.7 Å². The molecule has 3 rings (SSSR count). The molecule has 1 aliphatic carbocycles. The van der Waals surface area contributed by atoms with E-state index in [4.69, 9.17) is 23.2 Å². The molecule has 2 nitrogen and oxygen atoms in total. The molecule has 0 fully saturated rings. The lowest BCUT2D eigenvalue weighted by atomic mass is 9.95. The van der Waals surface area contributed by atoms with Crippen molar-refractivity contribution < 1.29 is 9.59 Å². The molecule has 0 aromatic heterocycles. The molecule has 0 spiro atoms. The molecule has 0 heterocycles. The van der Waals surface area contributed by atoms with Crippen LogP contribution in [0.2, 0.25) is 5.02 Å². The lowest BCUT2D eigenvalue weighted by Gasteiger charge is -2.15. The molecule has 5 heteroatoms. The van der Waals surface area contributed by atoms with E-state index in [1.54, 1.807) is 18.2 Å². The summed E-state index contributed by atoms with van der Waals surface area (Å²) in [6, 6.07) is 12.5. The summed E-state index contributed by atoms with van der Waals surface area (Å²) in [6.07, 6.45) is 1.17. The predicted molar refractivity (Wildman–Crippen MR) is 84.6 cm³/mol. The van der Waals surface area contributed by atoms with Gasteiger partial charge in [0.2, 0.25) is 5.78 Å². The number of benzene rings is 2. The number of rotatable bonds is 2. The van der Waals surface area contributed by atoms with Crippen LogP contribution in [0.1, 0.15) is 20.7 Å². The second-order valence-corrected chi connectivity index (χ2v) is 6.38. The molecule has 0 radical (unpaired) electrons. The number of allylic oxidation sites excluding steroid dienone is 2. The van der Waals surface area contributed by atoms with E-state index in [2.05, 4.69) is 0 Å². The largest absolute Gasteiger partial charge is 0.289 e. The van der Waals surface area contributed by atoms with Gasteiger partial charge in [-0.05, 0) is 24.3 Å². The van der Waals surface area contributed by atoms with Gasteiger partial charge < -0.3 is 0 Å². The molecule has 2 aromatic carbocycles. The van der Waals surface area contributed by atoms with Crippen LogP contribution < -0.4 is 0 Å². The SMILES string of the molecule is O=C1C(Cl)=CC(=O)c2c(Sc3cccc(Cl)c3)cccc21. The molecule has 104 valence electrons. The predicted octanol–water partition coefficient (Wildman–Crippen LogP) is 4.99. The fraction of sp³-hybridized carbons (Fsp3) is 0. The first-order valence-corrected chi connectivity index (χ1v) is 7.66.